The molecule has 0 fully saturated rings. The van der Waals surface area contributed by atoms with Crippen LogP contribution in [0, 0.1) is 0 Å². The van der Waals surface area contributed by atoms with E-state index < -0.39 is 17.2 Å². The van der Waals surface area contributed by atoms with Gasteiger partial charge in [0, 0.05) is 17.3 Å². The summed E-state index contributed by atoms with van der Waals surface area (Å²) in [5, 5.41) is 3.12. The summed E-state index contributed by atoms with van der Waals surface area (Å²) in [4.78, 5) is 20.8. The van der Waals surface area contributed by atoms with Crippen LogP contribution in [0.3, 0.4) is 0 Å². The fourth-order valence-electron chi connectivity index (χ4n) is 3.64. The monoisotopic (exact) mass is 427 g/mol. The Morgan fingerprint density at radius 2 is 1.85 bits per heavy atom. The second kappa shape index (κ2) is 6.37. The molecule has 5 nitrogen and oxygen atoms in total. The Balaban J connectivity index is 1.75. The maximum Gasteiger partial charge on any atom is 0.408 e. The molecule has 1 heterocycles. The second-order valence-corrected chi connectivity index (χ2v) is 8.99. The molecule has 0 atom stereocenters. The average molecular weight is 428 g/mol. The number of nitrogens with zero attached hydrogens (tertiary/aromatic N) is 1. The molecule has 2 aromatic carbocycles. The van der Waals surface area contributed by atoms with Gasteiger partial charge in [0.25, 0.3) is 0 Å². The van der Waals surface area contributed by atoms with Crippen molar-refractivity contribution < 1.29 is 9.53 Å². The number of carbonyl (C=O) groups is 1. The molecule has 1 aromatic heterocycles. The maximum absolute atomic E-state index is 12.6. The molecule has 0 aliphatic heterocycles. The highest BCUT2D eigenvalue weighted by atomic mass is 79.9. The first-order valence-corrected chi connectivity index (χ1v) is 9.77. The number of alkyl carbamates (subject to hydrolysis) is 1. The molecule has 0 saturated carbocycles. The Morgan fingerprint density at radius 1 is 1.19 bits per heavy atom. The van der Waals surface area contributed by atoms with Crippen molar-refractivity contribution in [3.8, 4) is 0 Å². The predicted octanol–water partition coefficient (Wildman–Crippen LogP) is 4.84. The number of aromatic nitrogens is 2. The number of hydrogen-bond acceptors (Lipinski definition) is 3. The number of fused-ring (bicyclic) bond motifs is 2. The van der Waals surface area contributed by atoms with Gasteiger partial charge in [-0.25, -0.2) is 9.78 Å². The molecule has 0 unspecified atom stereocenters. The minimum absolute atomic E-state index is 0.433. The van der Waals surface area contributed by atoms with Gasteiger partial charge in [-0.2, -0.15) is 0 Å². The molecule has 1 aliphatic carbocycles. The lowest BCUT2D eigenvalue weighted by Gasteiger charge is -2.30. The van der Waals surface area contributed by atoms with Crippen LogP contribution in [-0.2, 0) is 23.1 Å². The highest BCUT2D eigenvalue weighted by molar-refractivity contribution is 9.10. The lowest BCUT2D eigenvalue weighted by Crippen LogP contribution is -2.49. The number of amides is 1. The van der Waals surface area contributed by atoms with Gasteiger partial charge in [-0.15, -0.1) is 0 Å². The van der Waals surface area contributed by atoms with Crippen molar-refractivity contribution in [3.63, 3.8) is 0 Å². The standard InChI is InChI=1S/C21H22BrN3O2/c1-20(2,3)27-19(26)25-21(11-13-6-4-5-7-14(13)12-21)18-23-16-9-8-15(22)10-17(16)24-18/h4-10H,11-12H2,1-3H3,(H,23,24)(H,25,26). The number of H-pyrrole nitrogens is 1. The number of carbonyl (C=O) groups excluding carboxylic acids is 1. The van der Waals surface area contributed by atoms with Crippen LogP contribution in [-0.4, -0.2) is 21.7 Å². The van der Waals surface area contributed by atoms with Crippen molar-refractivity contribution >= 4 is 33.1 Å². The summed E-state index contributed by atoms with van der Waals surface area (Å²) >= 11 is 3.50. The van der Waals surface area contributed by atoms with Crippen molar-refractivity contribution in [3.05, 3.63) is 63.9 Å². The summed E-state index contributed by atoms with van der Waals surface area (Å²) < 4.78 is 6.52. The zero-order valence-electron chi connectivity index (χ0n) is 15.6. The fourth-order valence-corrected chi connectivity index (χ4v) is 4.00. The van der Waals surface area contributed by atoms with E-state index in [1.807, 2.05) is 51.1 Å². The molecule has 0 spiro atoms. The van der Waals surface area contributed by atoms with Crippen LogP contribution >= 0.6 is 15.9 Å². The zero-order chi connectivity index (χ0) is 19.2. The van der Waals surface area contributed by atoms with Gasteiger partial charge >= 0.3 is 6.09 Å². The highest BCUT2D eigenvalue weighted by Crippen LogP contribution is 2.37. The number of aromatic amines is 1. The van der Waals surface area contributed by atoms with Crippen LogP contribution in [0.1, 0.15) is 37.7 Å². The molecule has 140 valence electrons. The number of hydrogen-bond donors (Lipinski definition) is 2. The van der Waals surface area contributed by atoms with Gasteiger partial charge < -0.3 is 15.0 Å². The third-order valence-electron chi connectivity index (χ3n) is 4.74. The Bertz CT molecular complexity index is 995. The van der Waals surface area contributed by atoms with Crippen LogP contribution in [0.5, 0.6) is 0 Å². The molecule has 27 heavy (non-hydrogen) atoms. The molecule has 4 rings (SSSR count). The number of halogens is 1. The van der Waals surface area contributed by atoms with E-state index in [0.29, 0.717) is 12.8 Å². The summed E-state index contributed by atoms with van der Waals surface area (Å²) in [6, 6.07) is 14.2. The van der Waals surface area contributed by atoms with E-state index in [0.717, 1.165) is 21.3 Å². The second-order valence-electron chi connectivity index (χ2n) is 8.08. The minimum Gasteiger partial charge on any atom is -0.444 e. The van der Waals surface area contributed by atoms with E-state index in [-0.39, 0.29) is 0 Å². The zero-order valence-corrected chi connectivity index (χ0v) is 17.2. The van der Waals surface area contributed by atoms with Crippen LogP contribution in [0.15, 0.2) is 46.9 Å². The number of benzene rings is 2. The lowest BCUT2D eigenvalue weighted by molar-refractivity contribution is 0.0451. The summed E-state index contributed by atoms with van der Waals surface area (Å²) in [5.41, 5.74) is 3.02. The van der Waals surface area contributed by atoms with E-state index >= 15 is 0 Å². The van der Waals surface area contributed by atoms with Gasteiger partial charge in [0.1, 0.15) is 17.0 Å². The van der Waals surface area contributed by atoms with Crippen molar-refractivity contribution in [1.82, 2.24) is 15.3 Å². The Morgan fingerprint density at radius 3 is 2.48 bits per heavy atom. The fraction of sp³-hybridized carbons (Fsp3) is 0.333. The van der Waals surface area contributed by atoms with E-state index in [1.54, 1.807) is 0 Å². The molecule has 1 aliphatic rings. The smallest absolute Gasteiger partial charge is 0.408 e. The normalized spacial score (nSPS) is 15.6. The van der Waals surface area contributed by atoms with E-state index in [2.05, 4.69) is 38.4 Å². The molecule has 1 amide bonds. The van der Waals surface area contributed by atoms with Crippen LogP contribution < -0.4 is 5.32 Å². The number of nitrogens with one attached hydrogen (secondary N) is 2. The summed E-state index contributed by atoms with van der Waals surface area (Å²) in [5.74, 6) is 0.748. The van der Waals surface area contributed by atoms with Crippen LogP contribution in [0.2, 0.25) is 0 Å². The molecule has 6 heteroatoms. The molecule has 3 aromatic rings. The third kappa shape index (κ3) is 3.58. The minimum atomic E-state index is -0.655. The van der Waals surface area contributed by atoms with Gasteiger partial charge in [0.15, 0.2) is 0 Å². The summed E-state index contributed by atoms with van der Waals surface area (Å²) in [6.45, 7) is 5.59. The van der Waals surface area contributed by atoms with Crippen molar-refractivity contribution in [1.29, 1.82) is 0 Å². The van der Waals surface area contributed by atoms with Crippen molar-refractivity contribution in [2.75, 3.05) is 0 Å². The van der Waals surface area contributed by atoms with Crippen LogP contribution in [0.25, 0.3) is 11.0 Å². The SMILES string of the molecule is CC(C)(C)OC(=O)NC1(c2nc3ccc(Br)cc3[nH]2)Cc2ccccc2C1. The van der Waals surface area contributed by atoms with Crippen molar-refractivity contribution in [2.45, 2.75) is 44.8 Å². The number of rotatable bonds is 2. The van der Waals surface area contributed by atoms with Gasteiger partial charge in [0.2, 0.25) is 0 Å². The highest BCUT2D eigenvalue weighted by Gasteiger charge is 2.43. The largest absolute Gasteiger partial charge is 0.444 e. The maximum atomic E-state index is 12.6. The van der Waals surface area contributed by atoms with Crippen LogP contribution in [0.4, 0.5) is 4.79 Å². The summed E-state index contributed by atoms with van der Waals surface area (Å²) in [7, 11) is 0. The van der Waals surface area contributed by atoms with Gasteiger partial charge in [-0.05, 0) is 50.1 Å². The molecule has 2 N–H and O–H groups in total. The first kappa shape index (κ1) is 18.0. The van der Waals surface area contributed by atoms with Gasteiger partial charge in [0.05, 0.1) is 11.0 Å². The molecule has 0 radical (unpaired) electrons. The average Bonchev–Trinajstić information content (AvgIpc) is 3.13. The molecule has 0 bridgehead atoms. The molecule has 0 saturated heterocycles. The number of imidazole rings is 1. The quantitative estimate of drug-likeness (QED) is 0.614. The number of ether oxygens (including phenoxy) is 1. The van der Waals surface area contributed by atoms with Gasteiger partial charge in [-0.1, -0.05) is 40.2 Å². The Hall–Kier alpha value is -2.34. The molecular formula is C21H22BrN3O2. The van der Waals surface area contributed by atoms with Crippen molar-refractivity contribution in [2.24, 2.45) is 0 Å². The third-order valence-corrected chi connectivity index (χ3v) is 5.23. The first-order valence-electron chi connectivity index (χ1n) is 8.98. The Kier molecular flexibility index (Phi) is 4.26. The van der Waals surface area contributed by atoms with Gasteiger partial charge in [-0.3, -0.25) is 0 Å². The topological polar surface area (TPSA) is 67.0 Å². The van der Waals surface area contributed by atoms with E-state index in [1.165, 1.54) is 11.1 Å². The first-order chi connectivity index (χ1) is 12.7. The van der Waals surface area contributed by atoms with E-state index in [4.69, 9.17) is 9.72 Å². The van der Waals surface area contributed by atoms with E-state index in [9.17, 15) is 4.79 Å². The predicted molar refractivity (Wildman–Crippen MR) is 109 cm³/mol. The summed E-state index contributed by atoms with van der Waals surface area (Å²) in [6.07, 6.45) is 0.907. The molecular weight excluding hydrogens is 406 g/mol. The Labute approximate surface area is 166 Å². The lowest BCUT2D eigenvalue weighted by atomic mass is 9.95.